The maximum atomic E-state index is 12.1. The monoisotopic (exact) mass is 366 g/mol. The fraction of sp³-hybridized carbons (Fsp3) is 0.769. The third kappa shape index (κ3) is 7.42. The zero-order chi connectivity index (χ0) is 16.6. The van der Waals surface area contributed by atoms with Crippen LogP contribution >= 0.6 is 15.9 Å². The molecule has 1 atom stereocenters. The van der Waals surface area contributed by atoms with E-state index in [1.807, 2.05) is 0 Å². The molecule has 0 radical (unpaired) electrons. The number of hydrogen-bond donors (Lipinski definition) is 2. The van der Waals surface area contributed by atoms with Crippen molar-refractivity contribution >= 4 is 33.9 Å². The number of alkyl halides is 1. The zero-order valence-electron chi connectivity index (χ0n) is 12.6. The molecule has 122 valence electrons. The molecule has 0 aromatic carbocycles. The van der Waals surface area contributed by atoms with Gasteiger partial charge in [-0.05, 0) is 46.6 Å². The number of nitrogens with zero attached hydrogens (tertiary/aromatic N) is 1. The van der Waals surface area contributed by atoms with Crippen molar-refractivity contribution in [3.8, 4) is 0 Å². The summed E-state index contributed by atoms with van der Waals surface area (Å²) in [6, 6.07) is -1.25. The molecular formula is C13H23BrN2O5. The van der Waals surface area contributed by atoms with Crippen molar-refractivity contribution in [2.45, 2.75) is 51.7 Å². The molecule has 2 amide bonds. The molecule has 8 heteroatoms. The zero-order valence-corrected chi connectivity index (χ0v) is 14.2. The van der Waals surface area contributed by atoms with Gasteiger partial charge in [0, 0.05) is 0 Å². The molecule has 21 heavy (non-hydrogen) atoms. The van der Waals surface area contributed by atoms with E-state index >= 15 is 0 Å². The fourth-order valence-electron chi connectivity index (χ4n) is 1.62. The average Bonchev–Trinajstić information content (AvgIpc) is 2.34. The molecule has 0 saturated carbocycles. The summed E-state index contributed by atoms with van der Waals surface area (Å²) in [5.74, 6) is -1.89. The standard InChI is InChI=1S/C13H23BrN2O5/c1-13(2,3)21-12(20)16(10(17)8-14)9(11(18)19)6-4-5-7-15/h9H,4-8,15H2,1-3H3,(H,18,19)/t9-/m0/s1. The van der Waals surface area contributed by atoms with Crippen LogP contribution in [0.4, 0.5) is 4.79 Å². The van der Waals surface area contributed by atoms with Gasteiger partial charge in [0.1, 0.15) is 11.6 Å². The normalized spacial score (nSPS) is 12.6. The molecular weight excluding hydrogens is 344 g/mol. The Morgan fingerprint density at radius 2 is 1.86 bits per heavy atom. The molecule has 7 nitrogen and oxygen atoms in total. The van der Waals surface area contributed by atoms with Crippen molar-refractivity contribution in [3.63, 3.8) is 0 Å². The van der Waals surface area contributed by atoms with Crippen LogP contribution in [-0.4, -0.2) is 51.5 Å². The third-order valence-electron chi connectivity index (χ3n) is 2.50. The van der Waals surface area contributed by atoms with Crippen LogP contribution < -0.4 is 5.73 Å². The van der Waals surface area contributed by atoms with Gasteiger partial charge in [-0.15, -0.1) is 0 Å². The van der Waals surface area contributed by atoms with Gasteiger partial charge in [0.2, 0.25) is 5.91 Å². The van der Waals surface area contributed by atoms with Crippen LogP contribution in [0.15, 0.2) is 0 Å². The van der Waals surface area contributed by atoms with Crippen LogP contribution in [0.3, 0.4) is 0 Å². The first kappa shape index (κ1) is 19.9. The van der Waals surface area contributed by atoms with E-state index in [4.69, 9.17) is 10.5 Å². The number of ether oxygens (including phenoxy) is 1. The number of carboxylic acid groups (broad SMARTS) is 1. The lowest BCUT2D eigenvalue weighted by molar-refractivity contribution is -0.148. The highest BCUT2D eigenvalue weighted by molar-refractivity contribution is 9.09. The van der Waals surface area contributed by atoms with Gasteiger partial charge < -0.3 is 15.6 Å². The lowest BCUT2D eigenvalue weighted by Gasteiger charge is -2.29. The number of unbranched alkanes of at least 4 members (excludes halogenated alkanes) is 1. The van der Waals surface area contributed by atoms with Crippen molar-refractivity contribution in [1.29, 1.82) is 0 Å². The second-order valence-corrected chi connectivity index (χ2v) is 6.08. The Kier molecular flexibility index (Phi) is 8.50. The van der Waals surface area contributed by atoms with Crippen molar-refractivity contribution in [1.82, 2.24) is 4.90 Å². The summed E-state index contributed by atoms with van der Waals surface area (Å²) in [6.45, 7) is 5.36. The average molecular weight is 367 g/mol. The number of rotatable bonds is 7. The molecule has 0 aliphatic rings. The summed E-state index contributed by atoms with van der Waals surface area (Å²) in [6.07, 6.45) is 0.313. The largest absolute Gasteiger partial charge is 0.480 e. The van der Waals surface area contributed by atoms with Gasteiger partial charge >= 0.3 is 12.1 Å². The Morgan fingerprint density at radius 1 is 1.29 bits per heavy atom. The second kappa shape index (κ2) is 8.99. The summed E-state index contributed by atoms with van der Waals surface area (Å²) in [4.78, 5) is 36.1. The highest BCUT2D eigenvalue weighted by Crippen LogP contribution is 2.16. The number of carbonyl (C=O) groups is 3. The molecule has 0 aromatic rings. The summed E-state index contributed by atoms with van der Waals surface area (Å²) in [7, 11) is 0. The minimum atomic E-state index is -1.25. The summed E-state index contributed by atoms with van der Waals surface area (Å²) in [5.41, 5.74) is 4.55. The molecule has 0 aromatic heterocycles. The van der Waals surface area contributed by atoms with Gasteiger partial charge in [0.25, 0.3) is 0 Å². The predicted octanol–water partition coefficient (Wildman–Crippen LogP) is 1.73. The van der Waals surface area contributed by atoms with E-state index < -0.39 is 29.6 Å². The van der Waals surface area contributed by atoms with Crippen LogP contribution in [0.5, 0.6) is 0 Å². The third-order valence-corrected chi connectivity index (χ3v) is 2.98. The maximum absolute atomic E-state index is 12.1. The van der Waals surface area contributed by atoms with E-state index in [2.05, 4.69) is 15.9 Å². The summed E-state index contributed by atoms with van der Waals surface area (Å²) < 4.78 is 5.12. The maximum Gasteiger partial charge on any atom is 0.417 e. The van der Waals surface area contributed by atoms with E-state index in [0.29, 0.717) is 24.3 Å². The van der Waals surface area contributed by atoms with Crippen molar-refractivity contribution < 1.29 is 24.2 Å². The molecule has 3 N–H and O–H groups in total. The SMILES string of the molecule is CC(C)(C)OC(=O)N(C(=O)CBr)[C@@H](CCCCN)C(=O)O. The number of carboxylic acids is 1. The van der Waals surface area contributed by atoms with Crippen LogP contribution in [-0.2, 0) is 14.3 Å². The van der Waals surface area contributed by atoms with Gasteiger partial charge in [-0.3, -0.25) is 4.79 Å². The quantitative estimate of drug-likeness (QED) is 0.524. The predicted molar refractivity (Wildman–Crippen MR) is 81.2 cm³/mol. The number of imide groups is 1. The molecule has 0 heterocycles. The Labute approximate surface area is 132 Å². The molecule has 0 spiro atoms. The van der Waals surface area contributed by atoms with E-state index in [1.165, 1.54) is 0 Å². The van der Waals surface area contributed by atoms with Crippen LogP contribution in [0.1, 0.15) is 40.0 Å². The lowest BCUT2D eigenvalue weighted by Crippen LogP contribution is -2.51. The number of hydrogen-bond acceptors (Lipinski definition) is 5. The van der Waals surface area contributed by atoms with Crippen molar-refractivity contribution in [2.24, 2.45) is 5.73 Å². The number of nitrogens with two attached hydrogens (primary N) is 1. The summed E-state index contributed by atoms with van der Waals surface area (Å²) in [5, 5.41) is 9.13. The first-order chi connectivity index (χ1) is 9.64. The van der Waals surface area contributed by atoms with Gasteiger partial charge in [0.15, 0.2) is 0 Å². The Balaban J connectivity index is 5.19. The molecule has 0 unspecified atom stereocenters. The highest BCUT2D eigenvalue weighted by Gasteiger charge is 2.36. The fourth-order valence-corrected chi connectivity index (χ4v) is 1.89. The molecule has 0 saturated heterocycles. The van der Waals surface area contributed by atoms with Crippen LogP contribution in [0.2, 0.25) is 0 Å². The second-order valence-electron chi connectivity index (χ2n) is 5.52. The van der Waals surface area contributed by atoms with Crippen molar-refractivity contribution in [3.05, 3.63) is 0 Å². The molecule has 0 rings (SSSR count). The van der Waals surface area contributed by atoms with Gasteiger partial charge in [-0.25, -0.2) is 14.5 Å². The first-order valence-electron chi connectivity index (χ1n) is 6.68. The number of aliphatic carboxylic acids is 1. The minimum Gasteiger partial charge on any atom is -0.480 e. The molecule has 0 aliphatic heterocycles. The number of halogens is 1. The summed E-state index contributed by atoms with van der Waals surface area (Å²) >= 11 is 2.95. The van der Waals surface area contributed by atoms with Crippen LogP contribution in [0.25, 0.3) is 0 Å². The minimum absolute atomic E-state index is 0.143. The Morgan fingerprint density at radius 3 is 2.24 bits per heavy atom. The van der Waals surface area contributed by atoms with E-state index in [-0.39, 0.29) is 11.8 Å². The molecule has 0 aliphatic carbocycles. The molecule has 0 fully saturated rings. The smallest absolute Gasteiger partial charge is 0.417 e. The Bertz CT molecular complexity index is 381. The topological polar surface area (TPSA) is 110 Å². The van der Waals surface area contributed by atoms with Crippen molar-refractivity contribution in [2.75, 3.05) is 11.9 Å². The first-order valence-corrected chi connectivity index (χ1v) is 7.80. The van der Waals surface area contributed by atoms with E-state index in [0.717, 1.165) is 0 Å². The van der Waals surface area contributed by atoms with Crippen LogP contribution in [0, 0.1) is 0 Å². The van der Waals surface area contributed by atoms with E-state index in [9.17, 15) is 19.5 Å². The number of amides is 2. The Hall–Kier alpha value is -1.15. The molecule has 0 bridgehead atoms. The van der Waals surface area contributed by atoms with Gasteiger partial charge in [0.05, 0.1) is 5.33 Å². The van der Waals surface area contributed by atoms with Gasteiger partial charge in [-0.2, -0.15) is 0 Å². The lowest BCUT2D eigenvalue weighted by atomic mass is 10.1. The van der Waals surface area contributed by atoms with Gasteiger partial charge in [-0.1, -0.05) is 15.9 Å². The number of carbonyl (C=O) groups excluding carboxylic acids is 2. The highest BCUT2D eigenvalue weighted by atomic mass is 79.9. The van der Waals surface area contributed by atoms with E-state index in [1.54, 1.807) is 20.8 Å².